The topological polar surface area (TPSA) is 75.3 Å². The van der Waals surface area contributed by atoms with Gasteiger partial charge in [0.2, 0.25) is 0 Å². The molecular formula is C25H28N2O3S. The molecular weight excluding hydrogens is 408 g/mol. The van der Waals surface area contributed by atoms with Crippen molar-refractivity contribution in [1.82, 2.24) is 5.32 Å². The molecule has 0 heterocycles. The minimum absolute atomic E-state index is 0.177. The van der Waals surface area contributed by atoms with Crippen molar-refractivity contribution in [2.45, 2.75) is 44.6 Å². The zero-order valence-electron chi connectivity index (χ0n) is 18.3. The SMILES string of the molecule is Cc1ccc(S(=O)(=O)Nc2cc(C(=O)NC(C)(C)Cc3ccccc3)ccc2C)cc1. The maximum atomic E-state index is 12.9. The van der Waals surface area contributed by atoms with Crippen LogP contribution in [-0.4, -0.2) is 19.9 Å². The third kappa shape index (κ3) is 5.95. The first-order chi connectivity index (χ1) is 14.6. The molecule has 2 N–H and O–H groups in total. The Morgan fingerprint density at radius 2 is 1.55 bits per heavy atom. The van der Waals surface area contributed by atoms with E-state index in [0.29, 0.717) is 17.7 Å². The van der Waals surface area contributed by atoms with Crippen LogP contribution in [0.15, 0.2) is 77.7 Å². The summed E-state index contributed by atoms with van der Waals surface area (Å²) in [7, 11) is -3.75. The van der Waals surface area contributed by atoms with E-state index in [1.807, 2.05) is 51.1 Å². The highest BCUT2D eigenvalue weighted by Gasteiger charge is 2.23. The molecule has 0 atom stereocenters. The van der Waals surface area contributed by atoms with Crippen molar-refractivity contribution in [3.8, 4) is 0 Å². The van der Waals surface area contributed by atoms with Gasteiger partial charge in [0.1, 0.15) is 0 Å². The Hall–Kier alpha value is -3.12. The molecule has 162 valence electrons. The Morgan fingerprint density at radius 3 is 2.19 bits per heavy atom. The molecule has 5 nitrogen and oxygen atoms in total. The summed E-state index contributed by atoms with van der Waals surface area (Å²) in [5, 5.41) is 3.05. The third-order valence-electron chi connectivity index (χ3n) is 5.02. The summed E-state index contributed by atoms with van der Waals surface area (Å²) < 4.78 is 28.1. The van der Waals surface area contributed by atoms with Crippen molar-refractivity contribution in [2.24, 2.45) is 0 Å². The second kappa shape index (κ2) is 8.94. The van der Waals surface area contributed by atoms with Crippen molar-refractivity contribution in [3.05, 3.63) is 95.1 Å². The van der Waals surface area contributed by atoms with Gasteiger partial charge in [-0.1, -0.05) is 54.1 Å². The van der Waals surface area contributed by atoms with E-state index in [4.69, 9.17) is 0 Å². The standard InChI is InChI=1S/C25H28N2O3S/c1-18-10-14-22(15-11-18)31(29,30)27-23-16-21(13-12-19(23)2)24(28)26-25(3,4)17-20-8-6-5-7-9-20/h5-16,27H,17H2,1-4H3,(H,26,28). The van der Waals surface area contributed by atoms with E-state index in [2.05, 4.69) is 10.0 Å². The van der Waals surface area contributed by atoms with Gasteiger partial charge in [0, 0.05) is 11.1 Å². The highest BCUT2D eigenvalue weighted by molar-refractivity contribution is 7.92. The van der Waals surface area contributed by atoms with E-state index in [1.165, 1.54) is 0 Å². The Bertz CT molecular complexity index is 1170. The average molecular weight is 437 g/mol. The molecule has 31 heavy (non-hydrogen) atoms. The number of hydrogen-bond acceptors (Lipinski definition) is 3. The number of sulfonamides is 1. The lowest BCUT2D eigenvalue weighted by Crippen LogP contribution is -2.45. The van der Waals surface area contributed by atoms with Gasteiger partial charge in [0.25, 0.3) is 15.9 Å². The van der Waals surface area contributed by atoms with Crippen molar-refractivity contribution < 1.29 is 13.2 Å². The van der Waals surface area contributed by atoms with Crippen molar-refractivity contribution in [1.29, 1.82) is 0 Å². The molecule has 0 bridgehead atoms. The second-order valence-electron chi connectivity index (χ2n) is 8.45. The van der Waals surface area contributed by atoms with E-state index in [-0.39, 0.29) is 10.8 Å². The fourth-order valence-corrected chi connectivity index (χ4v) is 4.45. The number of hydrogen-bond donors (Lipinski definition) is 2. The van der Waals surface area contributed by atoms with Crippen LogP contribution in [0.2, 0.25) is 0 Å². The van der Waals surface area contributed by atoms with Crippen LogP contribution in [-0.2, 0) is 16.4 Å². The minimum Gasteiger partial charge on any atom is -0.347 e. The molecule has 0 saturated carbocycles. The lowest BCUT2D eigenvalue weighted by molar-refractivity contribution is 0.0913. The smallest absolute Gasteiger partial charge is 0.261 e. The van der Waals surface area contributed by atoms with Crippen molar-refractivity contribution in [2.75, 3.05) is 4.72 Å². The third-order valence-corrected chi connectivity index (χ3v) is 6.40. The predicted molar refractivity (Wildman–Crippen MR) is 125 cm³/mol. The van der Waals surface area contributed by atoms with Gasteiger partial charge in [-0.25, -0.2) is 8.42 Å². The lowest BCUT2D eigenvalue weighted by atomic mass is 9.94. The molecule has 1 amide bonds. The molecule has 3 aromatic carbocycles. The van der Waals surface area contributed by atoms with Gasteiger partial charge in [-0.15, -0.1) is 0 Å². The monoisotopic (exact) mass is 436 g/mol. The summed E-state index contributed by atoms with van der Waals surface area (Å²) in [4.78, 5) is 13.1. The summed E-state index contributed by atoms with van der Waals surface area (Å²) in [6.07, 6.45) is 0.679. The maximum Gasteiger partial charge on any atom is 0.261 e. The number of amides is 1. The molecule has 0 aliphatic carbocycles. The van der Waals surface area contributed by atoms with E-state index >= 15 is 0 Å². The molecule has 0 unspecified atom stereocenters. The summed E-state index contributed by atoms with van der Waals surface area (Å²) in [6, 6.07) is 21.6. The molecule has 3 aromatic rings. The minimum atomic E-state index is -3.75. The van der Waals surface area contributed by atoms with Gasteiger partial charge in [-0.3, -0.25) is 9.52 Å². The molecule has 0 aromatic heterocycles. The largest absolute Gasteiger partial charge is 0.347 e. The number of rotatable bonds is 7. The number of anilines is 1. The normalized spacial score (nSPS) is 11.7. The van der Waals surface area contributed by atoms with E-state index in [9.17, 15) is 13.2 Å². The fourth-order valence-electron chi connectivity index (χ4n) is 3.32. The Balaban J connectivity index is 1.78. The molecule has 3 rings (SSSR count). The zero-order chi connectivity index (χ0) is 22.6. The Labute approximate surface area is 184 Å². The van der Waals surface area contributed by atoms with Gasteiger partial charge >= 0.3 is 0 Å². The predicted octanol–water partition coefficient (Wildman–Crippen LogP) is 4.86. The first kappa shape index (κ1) is 22.6. The van der Waals surface area contributed by atoms with E-state index in [1.54, 1.807) is 49.4 Å². The van der Waals surface area contributed by atoms with Crippen LogP contribution in [0.25, 0.3) is 0 Å². The summed E-state index contributed by atoms with van der Waals surface area (Å²) >= 11 is 0. The molecule has 0 aliphatic rings. The molecule has 0 aliphatic heterocycles. The number of nitrogens with one attached hydrogen (secondary N) is 2. The van der Waals surface area contributed by atoms with Gasteiger partial charge in [-0.05, 0) is 69.5 Å². The zero-order valence-corrected chi connectivity index (χ0v) is 19.1. The van der Waals surface area contributed by atoms with E-state index < -0.39 is 15.6 Å². The summed E-state index contributed by atoms with van der Waals surface area (Å²) in [6.45, 7) is 7.63. The summed E-state index contributed by atoms with van der Waals surface area (Å²) in [5.74, 6) is -0.253. The number of benzene rings is 3. The van der Waals surface area contributed by atoms with Crippen LogP contribution in [0.4, 0.5) is 5.69 Å². The van der Waals surface area contributed by atoms with Crippen LogP contribution < -0.4 is 10.0 Å². The molecule has 0 radical (unpaired) electrons. The van der Waals surface area contributed by atoms with Crippen LogP contribution in [0, 0.1) is 13.8 Å². The Kier molecular flexibility index (Phi) is 6.51. The molecule has 6 heteroatoms. The molecule has 0 saturated heterocycles. The second-order valence-corrected chi connectivity index (χ2v) is 10.1. The maximum absolute atomic E-state index is 12.9. The number of carbonyl (C=O) groups is 1. The van der Waals surface area contributed by atoms with Gasteiger partial charge in [-0.2, -0.15) is 0 Å². The van der Waals surface area contributed by atoms with Crippen LogP contribution in [0.3, 0.4) is 0 Å². The van der Waals surface area contributed by atoms with Crippen LogP contribution in [0.1, 0.15) is 40.9 Å². The molecule has 0 spiro atoms. The Morgan fingerprint density at radius 1 is 0.903 bits per heavy atom. The van der Waals surface area contributed by atoms with Gasteiger partial charge < -0.3 is 5.32 Å². The average Bonchev–Trinajstić information content (AvgIpc) is 2.69. The van der Waals surface area contributed by atoms with Crippen LogP contribution in [0.5, 0.6) is 0 Å². The van der Waals surface area contributed by atoms with Gasteiger partial charge in [0.05, 0.1) is 10.6 Å². The highest BCUT2D eigenvalue weighted by atomic mass is 32.2. The quantitative estimate of drug-likeness (QED) is 0.556. The van der Waals surface area contributed by atoms with Crippen molar-refractivity contribution >= 4 is 21.6 Å². The van der Waals surface area contributed by atoms with E-state index in [0.717, 1.165) is 16.7 Å². The fraction of sp³-hybridized carbons (Fsp3) is 0.240. The first-order valence-corrected chi connectivity index (χ1v) is 11.6. The van der Waals surface area contributed by atoms with Crippen molar-refractivity contribution in [3.63, 3.8) is 0 Å². The molecule has 0 fully saturated rings. The van der Waals surface area contributed by atoms with Gasteiger partial charge in [0.15, 0.2) is 0 Å². The number of aryl methyl sites for hydroxylation is 2. The van der Waals surface area contributed by atoms with Crippen LogP contribution >= 0.6 is 0 Å². The lowest BCUT2D eigenvalue weighted by Gasteiger charge is -2.26. The highest BCUT2D eigenvalue weighted by Crippen LogP contribution is 2.22. The first-order valence-electron chi connectivity index (χ1n) is 10.1. The summed E-state index contributed by atoms with van der Waals surface area (Å²) in [5.41, 5.74) is 3.15. The number of carbonyl (C=O) groups excluding carboxylic acids is 1.